The summed E-state index contributed by atoms with van der Waals surface area (Å²) in [6.45, 7) is 6.34. The van der Waals surface area contributed by atoms with Gasteiger partial charge >= 0.3 is 0 Å². The van der Waals surface area contributed by atoms with Crippen LogP contribution in [0.4, 0.5) is 0 Å². The summed E-state index contributed by atoms with van der Waals surface area (Å²) in [6, 6.07) is 13.8. The van der Waals surface area contributed by atoms with Crippen molar-refractivity contribution in [3.8, 4) is 5.75 Å². The molecule has 0 bridgehead atoms. The number of nitrogens with one attached hydrogen (secondary N) is 1. The molecular weight excluding hydrogens is 290 g/mol. The predicted molar refractivity (Wildman–Crippen MR) is 92.5 cm³/mol. The van der Waals surface area contributed by atoms with Gasteiger partial charge in [-0.15, -0.1) is 0 Å². The van der Waals surface area contributed by atoms with Crippen molar-refractivity contribution in [3.63, 3.8) is 0 Å². The second-order valence-corrected chi connectivity index (χ2v) is 6.82. The zero-order valence-corrected chi connectivity index (χ0v) is 14.0. The first-order valence-electron chi connectivity index (χ1n) is 7.92. The Labute approximate surface area is 137 Å². The van der Waals surface area contributed by atoms with Crippen LogP contribution >= 0.6 is 0 Å². The second kappa shape index (κ2) is 7.47. The van der Waals surface area contributed by atoms with Gasteiger partial charge in [0.15, 0.2) is 6.61 Å². The third-order valence-corrected chi connectivity index (χ3v) is 3.83. The predicted octanol–water partition coefficient (Wildman–Crippen LogP) is 3.13. The van der Waals surface area contributed by atoms with Crippen molar-refractivity contribution in [1.29, 1.82) is 0 Å². The first-order valence-corrected chi connectivity index (χ1v) is 7.92. The highest BCUT2D eigenvalue weighted by Crippen LogP contribution is 2.21. The van der Waals surface area contributed by atoms with Crippen LogP contribution in [-0.4, -0.2) is 30.3 Å². The highest BCUT2D eigenvalue weighted by molar-refractivity contribution is 5.84. The maximum atomic E-state index is 11.8. The van der Waals surface area contributed by atoms with E-state index >= 15 is 0 Å². The smallest absolute Gasteiger partial charge is 0.257 e. The normalized spacial score (nSPS) is 12.9. The molecule has 2 rings (SSSR count). The van der Waals surface area contributed by atoms with Gasteiger partial charge in [0.05, 0.1) is 6.10 Å². The van der Waals surface area contributed by atoms with Gasteiger partial charge in [-0.25, -0.2) is 0 Å². The van der Waals surface area contributed by atoms with Gasteiger partial charge in [-0.3, -0.25) is 4.79 Å². The quantitative estimate of drug-likeness (QED) is 0.861. The maximum Gasteiger partial charge on any atom is 0.257 e. The number of ether oxygens (including phenoxy) is 1. The van der Waals surface area contributed by atoms with Gasteiger partial charge in [0.1, 0.15) is 5.75 Å². The van der Waals surface area contributed by atoms with Gasteiger partial charge in [0.2, 0.25) is 0 Å². The standard InChI is InChI=1S/C19H25NO3/c1-19(2,3)17(21)10-11-20-18(22)13-23-16-9-8-14-6-4-5-7-15(14)12-16/h4-9,12,17,21H,10-11,13H2,1-3H3,(H,20,22). The summed E-state index contributed by atoms with van der Waals surface area (Å²) in [5.41, 5.74) is -0.174. The third-order valence-electron chi connectivity index (χ3n) is 3.83. The molecule has 0 aliphatic rings. The average molecular weight is 315 g/mol. The summed E-state index contributed by atoms with van der Waals surface area (Å²) in [4.78, 5) is 11.8. The molecule has 2 aromatic rings. The minimum absolute atomic E-state index is 0.0239. The van der Waals surface area contributed by atoms with Gasteiger partial charge in [0.25, 0.3) is 5.91 Å². The van der Waals surface area contributed by atoms with Gasteiger partial charge in [0, 0.05) is 6.54 Å². The fourth-order valence-corrected chi connectivity index (χ4v) is 2.24. The molecule has 1 atom stereocenters. The number of fused-ring (bicyclic) bond motifs is 1. The fourth-order valence-electron chi connectivity index (χ4n) is 2.24. The molecule has 4 heteroatoms. The van der Waals surface area contributed by atoms with E-state index < -0.39 is 6.10 Å². The lowest BCUT2D eigenvalue weighted by atomic mass is 9.87. The largest absolute Gasteiger partial charge is 0.484 e. The van der Waals surface area contributed by atoms with E-state index in [1.54, 1.807) is 0 Å². The Kier molecular flexibility index (Phi) is 5.61. The zero-order valence-electron chi connectivity index (χ0n) is 14.0. The van der Waals surface area contributed by atoms with Crippen LogP contribution in [0, 0.1) is 5.41 Å². The molecule has 0 aromatic heterocycles. The molecule has 2 aromatic carbocycles. The molecule has 1 amide bonds. The van der Waals surface area contributed by atoms with Gasteiger partial charge in [-0.05, 0) is 34.7 Å². The molecule has 0 aliphatic carbocycles. The van der Waals surface area contributed by atoms with Crippen molar-refractivity contribution < 1.29 is 14.6 Å². The minimum Gasteiger partial charge on any atom is -0.484 e. The van der Waals surface area contributed by atoms with Crippen molar-refractivity contribution in [3.05, 3.63) is 42.5 Å². The molecule has 2 N–H and O–H groups in total. The summed E-state index contributed by atoms with van der Waals surface area (Å²) >= 11 is 0. The van der Waals surface area contributed by atoms with Crippen LogP contribution in [0.3, 0.4) is 0 Å². The summed E-state index contributed by atoms with van der Waals surface area (Å²) in [7, 11) is 0. The molecular formula is C19H25NO3. The van der Waals surface area contributed by atoms with Crippen LogP contribution in [-0.2, 0) is 4.79 Å². The van der Waals surface area contributed by atoms with Gasteiger partial charge in [-0.2, -0.15) is 0 Å². The number of benzene rings is 2. The van der Waals surface area contributed by atoms with Crippen molar-refractivity contribution in [2.75, 3.05) is 13.2 Å². The lowest BCUT2D eigenvalue weighted by molar-refractivity contribution is -0.123. The lowest BCUT2D eigenvalue weighted by Gasteiger charge is -2.25. The van der Waals surface area contributed by atoms with Crippen molar-refractivity contribution in [1.82, 2.24) is 5.32 Å². The Morgan fingerprint density at radius 3 is 2.57 bits per heavy atom. The number of aliphatic hydroxyl groups is 1. The van der Waals surface area contributed by atoms with Crippen LogP contribution in [0.25, 0.3) is 10.8 Å². The second-order valence-electron chi connectivity index (χ2n) is 6.82. The van der Waals surface area contributed by atoms with Crippen LogP contribution < -0.4 is 10.1 Å². The molecule has 0 radical (unpaired) electrons. The SMILES string of the molecule is CC(C)(C)C(O)CCNC(=O)COc1ccc2ccccc2c1. The maximum absolute atomic E-state index is 11.8. The first kappa shape index (κ1) is 17.3. The van der Waals surface area contributed by atoms with Gasteiger partial charge in [-0.1, -0.05) is 51.1 Å². The molecule has 23 heavy (non-hydrogen) atoms. The Balaban J connectivity index is 1.77. The van der Waals surface area contributed by atoms with E-state index in [1.165, 1.54) is 0 Å². The number of aliphatic hydroxyl groups excluding tert-OH is 1. The number of hydrogen-bond donors (Lipinski definition) is 2. The van der Waals surface area contributed by atoms with E-state index in [9.17, 15) is 9.90 Å². The summed E-state index contributed by atoms with van der Waals surface area (Å²) in [5, 5.41) is 14.9. The Hall–Kier alpha value is -2.07. The fraction of sp³-hybridized carbons (Fsp3) is 0.421. The van der Waals surface area contributed by atoms with Crippen LogP contribution in [0.2, 0.25) is 0 Å². The van der Waals surface area contributed by atoms with E-state index in [-0.39, 0.29) is 17.9 Å². The highest BCUT2D eigenvalue weighted by atomic mass is 16.5. The number of rotatable bonds is 6. The van der Waals surface area contributed by atoms with E-state index in [4.69, 9.17) is 4.74 Å². The molecule has 4 nitrogen and oxygen atoms in total. The molecule has 0 heterocycles. The van der Waals surface area contributed by atoms with E-state index in [0.29, 0.717) is 18.7 Å². The molecule has 0 saturated heterocycles. The van der Waals surface area contributed by atoms with E-state index in [0.717, 1.165) is 10.8 Å². The third kappa shape index (κ3) is 5.25. The Morgan fingerprint density at radius 1 is 1.17 bits per heavy atom. The highest BCUT2D eigenvalue weighted by Gasteiger charge is 2.21. The van der Waals surface area contributed by atoms with Crippen molar-refractivity contribution >= 4 is 16.7 Å². The van der Waals surface area contributed by atoms with Crippen molar-refractivity contribution in [2.24, 2.45) is 5.41 Å². The number of hydrogen-bond acceptors (Lipinski definition) is 3. The molecule has 0 spiro atoms. The zero-order chi connectivity index (χ0) is 16.9. The Bertz CT molecular complexity index is 661. The van der Waals surface area contributed by atoms with Crippen LogP contribution in [0.1, 0.15) is 27.2 Å². The van der Waals surface area contributed by atoms with Gasteiger partial charge < -0.3 is 15.2 Å². The number of amides is 1. The number of carbonyl (C=O) groups is 1. The Morgan fingerprint density at radius 2 is 1.87 bits per heavy atom. The lowest BCUT2D eigenvalue weighted by Crippen LogP contribution is -2.34. The van der Waals surface area contributed by atoms with E-state index in [1.807, 2.05) is 63.2 Å². The molecule has 124 valence electrons. The summed E-state index contributed by atoms with van der Waals surface area (Å²) in [6.07, 6.45) is 0.0924. The molecule has 0 saturated carbocycles. The van der Waals surface area contributed by atoms with E-state index in [2.05, 4.69) is 5.32 Å². The number of carbonyl (C=O) groups excluding carboxylic acids is 1. The molecule has 0 fully saturated rings. The first-order chi connectivity index (χ1) is 10.9. The minimum atomic E-state index is -0.441. The average Bonchev–Trinajstić information content (AvgIpc) is 2.51. The van der Waals surface area contributed by atoms with Crippen molar-refractivity contribution in [2.45, 2.75) is 33.3 Å². The van der Waals surface area contributed by atoms with Crippen LogP contribution in [0.5, 0.6) is 5.75 Å². The summed E-state index contributed by atoms with van der Waals surface area (Å²) < 4.78 is 5.53. The monoisotopic (exact) mass is 315 g/mol. The molecule has 0 aliphatic heterocycles. The topological polar surface area (TPSA) is 58.6 Å². The summed E-state index contributed by atoms with van der Waals surface area (Å²) in [5.74, 6) is 0.493. The molecule has 1 unspecified atom stereocenters. The van der Waals surface area contributed by atoms with Crippen LogP contribution in [0.15, 0.2) is 42.5 Å².